The summed E-state index contributed by atoms with van der Waals surface area (Å²) in [5.41, 5.74) is 0.544. The van der Waals surface area contributed by atoms with Gasteiger partial charge in [0.2, 0.25) is 11.8 Å². The first-order chi connectivity index (χ1) is 11.1. The molecule has 2 aromatic rings. The van der Waals surface area contributed by atoms with E-state index >= 15 is 0 Å². The second-order valence-corrected chi connectivity index (χ2v) is 5.13. The van der Waals surface area contributed by atoms with Gasteiger partial charge in [-0.1, -0.05) is 13.8 Å². The smallest absolute Gasteiger partial charge is 0.328 e. The highest BCUT2D eigenvalue weighted by Gasteiger charge is 2.21. The molecule has 7 nitrogen and oxygen atoms in total. The molecule has 0 aliphatic carbocycles. The lowest BCUT2D eigenvalue weighted by atomic mass is 9.93. The second-order valence-electron chi connectivity index (χ2n) is 5.13. The fourth-order valence-electron chi connectivity index (χ4n) is 2.01. The number of methoxy groups -OCH3 is 2. The zero-order valence-corrected chi connectivity index (χ0v) is 13.5. The first kappa shape index (κ1) is 16.7. The predicted molar refractivity (Wildman–Crippen MR) is 83.1 cm³/mol. The summed E-state index contributed by atoms with van der Waals surface area (Å²) in [5, 5.41) is 0. The van der Waals surface area contributed by atoms with Gasteiger partial charge < -0.3 is 19.0 Å². The molecule has 0 spiro atoms. The quantitative estimate of drug-likeness (QED) is 0.726. The summed E-state index contributed by atoms with van der Waals surface area (Å²) in [7, 11) is 2.98. The second kappa shape index (κ2) is 7.53. The number of aldehydes is 1. The molecule has 1 unspecified atom stereocenters. The van der Waals surface area contributed by atoms with Gasteiger partial charge in [0, 0.05) is 6.20 Å². The van der Waals surface area contributed by atoms with Crippen LogP contribution in [0.3, 0.4) is 0 Å². The molecule has 0 aliphatic heterocycles. The van der Waals surface area contributed by atoms with E-state index in [1.54, 1.807) is 24.4 Å². The van der Waals surface area contributed by atoms with Crippen molar-refractivity contribution in [3.8, 4) is 23.5 Å². The van der Waals surface area contributed by atoms with E-state index in [2.05, 4.69) is 15.0 Å². The lowest BCUT2D eigenvalue weighted by Gasteiger charge is -2.17. The van der Waals surface area contributed by atoms with E-state index in [-0.39, 0.29) is 17.8 Å². The van der Waals surface area contributed by atoms with Crippen LogP contribution in [0.5, 0.6) is 23.5 Å². The van der Waals surface area contributed by atoms with Gasteiger partial charge in [-0.25, -0.2) is 0 Å². The highest BCUT2D eigenvalue weighted by Crippen LogP contribution is 2.31. The van der Waals surface area contributed by atoms with Crippen LogP contribution in [0.15, 0.2) is 24.4 Å². The van der Waals surface area contributed by atoms with Crippen LogP contribution < -0.4 is 14.2 Å². The van der Waals surface area contributed by atoms with Crippen LogP contribution >= 0.6 is 0 Å². The number of carbonyl (C=O) groups is 1. The molecule has 122 valence electrons. The van der Waals surface area contributed by atoms with Crippen LogP contribution in [0, 0.1) is 5.92 Å². The molecule has 0 bridgehead atoms. The Morgan fingerprint density at radius 2 is 1.78 bits per heavy atom. The summed E-state index contributed by atoms with van der Waals surface area (Å²) < 4.78 is 15.9. The number of hydrogen-bond acceptors (Lipinski definition) is 7. The normalized spacial score (nSPS) is 11.9. The zero-order valence-electron chi connectivity index (χ0n) is 13.5. The maximum absolute atomic E-state index is 11.4. The van der Waals surface area contributed by atoms with Crippen LogP contribution in [0.2, 0.25) is 0 Å². The van der Waals surface area contributed by atoms with Gasteiger partial charge in [-0.15, -0.1) is 0 Å². The van der Waals surface area contributed by atoms with Gasteiger partial charge in [-0.05, 0) is 18.1 Å². The molecule has 23 heavy (non-hydrogen) atoms. The zero-order chi connectivity index (χ0) is 16.8. The van der Waals surface area contributed by atoms with E-state index in [4.69, 9.17) is 14.2 Å². The molecular weight excluding hydrogens is 298 g/mol. The van der Waals surface area contributed by atoms with Crippen molar-refractivity contribution in [3.05, 3.63) is 30.1 Å². The molecule has 0 aromatic carbocycles. The van der Waals surface area contributed by atoms with Crippen LogP contribution in [0.25, 0.3) is 0 Å². The Morgan fingerprint density at radius 1 is 1.13 bits per heavy atom. The first-order valence-electron chi connectivity index (χ1n) is 7.14. The van der Waals surface area contributed by atoms with Crippen molar-refractivity contribution in [2.24, 2.45) is 5.92 Å². The third-order valence-electron chi connectivity index (χ3n) is 3.26. The van der Waals surface area contributed by atoms with Gasteiger partial charge in [0.1, 0.15) is 6.29 Å². The Labute approximate surface area is 134 Å². The Hall–Kier alpha value is -2.70. The minimum atomic E-state index is -0.376. The van der Waals surface area contributed by atoms with Gasteiger partial charge in [0.05, 0.1) is 31.9 Å². The van der Waals surface area contributed by atoms with Gasteiger partial charge in [0.15, 0.2) is 5.75 Å². The number of hydrogen-bond donors (Lipinski definition) is 0. The summed E-state index contributed by atoms with van der Waals surface area (Å²) in [6.07, 6.45) is 2.49. The predicted octanol–water partition coefficient (Wildman–Crippen LogP) is 2.62. The van der Waals surface area contributed by atoms with E-state index in [1.165, 1.54) is 14.2 Å². The molecule has 2 rings (SSSR count). The van der Waals surface area contributed by atoms with Gasteiger partial charge in [-0.3, -0.25) is 4.98 Å². The SMILES string of the molecule is COc1cc(OC)nc(Oc2cccnc2C(C=O)C(C)C)n1. The van der Waals surface area contributed by atoms with E-state index in [0.717, 1.165) is 6.29 Å². The molecule has 2 heterocycles. The van der Waals surface area contributed by atoms with Crippen molar-refractivity contribution in [1.29, 1.82) is 0 Å². The van der Waals surface area contributed by atoms with E-state index < -0.39 is 0 Å². The average Bonchev–Trinajstić information content (AvgIpc) is 2.56. The van der Waals surface area contributed by atoms with Crippen LogP contribution in [-0.2, 0) is 4.79 Å². The highest BCUT2D eigenvalue weighted by atomic mass is 16.5. The van der Waals surface area contributed by atoms with E-state index in [0.29, 0.717) is 23.2 Å². The van der Waals surface area contributed by atoms with Crippen molar-refractivity contribution in [2.45, 2.75) is 19.8 Å². The van der Waals surface area contributed by atoms with Crippen molar-refractivity contribution in [1.82, 2.24) is 15.0 Å². The Kier molecular flexibility index (Phi) is 5.46. The van der Waals surface area contributed by atoms with Crippen LogP contribution in [0.4, 0.5) is 0 Å². The lowest BCUT2D eigenvalue weighted by molar-refractivity contribution is -0.109. The maximum atomic E-state index is 11.4. The summed E-state index contributed by atoms with van der Waals surface area (Å²) in [4.78, 5) is 23.9. The summed E-state index contributed by atoms with van der Waals surface area (Å²) in [6.45, 7) is 3.89. The largest absolute Gasteiger partial charge is 0.481 e. The molecule has 0 saturated heterocycles. The minimum absolute atomic E-state index is 0.0591. The topological polar surface area (TPSA) is 83.4 Å². The first-order valence-corrected chi connectivity index (χ1v) is 7.14. The Bertz CT molecular complexity index is 654. The van der Waals surface area contributed by atoms with Gasteiger partial charge in [0.25, 0.3) is 0 Å². The molecule has 2 aromatic heterocycles. The molecule has 0 fully saturated rings. The van der Waals surface area contributed by atoms with Crippen molar-refractivity contribution < 1.29 is 19.0 Å². The number of pyridine rings is 1. The standard InChI is InChI=1S/C16H19N3O4/c1-10(2)11(9-20)15-12(6-5-7-17-15)23-16-18-13(21-3)8-14(19-16)22-4/h5-11H,1-4H3. The minimum Gasteiger partial charge on any atom is -0.481 e. The number of ether oxygens (including phenoxy) is 3. The molecule has 0 saturated carbocycles. The third-order valence-corrected chi connectivity index (χ3v) is 3.26. The summed E-state index contributed by atoms with van der Waals surface area (Å²) >= 11 is 0. The number of rotatable bonds is 7. The maximum Gasteiger partial charge on any atom is 0.328 e. The summed E-state index contributed by atoms with van der Waals surface area (Å²) in [6, 6.07) is 5.04. The van der Waals surface area contributed by atoms with Crippen LogP contribution in [0.1, 0.15) is 25.5 Å². The molecule has 0 N–H and O–H groups in total. The number of nitrogens with zero attached hydrogens (tertiary/aromatic N) is 3. The van der Waals surface area contributed by atoms with Crippen molar-refractivity contribution >= 4 is 6.29 Å². The molecule has 0 amide bonds. The fourth-order valence-corrected chi connectivity index (χ4v) is 2.01. The number of aromatic nitrogens is 3. The molecule has 7 heteroatoms. The van der Waals surface area contributed by atoms with E-state index in [1.807, 2.05) is 13.8 Å². The molecule has 0 radical (unpaired) electrons. The lowest BCUT2D eigenvalue weighted by Crippen LogP contribution is -2.11. The van der Waals surface area contributed by atoms with Crippen molar-refractivity contribution in [3.63, 3.8) is 0 Å². The average molecular weight is 317 g/mol. The molecule has 1 atom stereocenters. The third kappa shape index (κ3) is 3.94. The molecular formula is C16H19N3O4. The highest BCUT2D eigenvalue weighted by molar-refractivity contribution is 5.63. The monoisotopic (exact) mass is 317 g/mol. The van der Waals surface area contributed by atoms with Crippen molar-refractivity contribution in [2.75, 3.05) is 14.2 Å². The number of carbonyl (C=O) groups excluding carboxylic acids is 1. The van der Waals surface area contributed by atoms with Gasteiger partial charge in [-0.2, -0.15) is 9.97 Å². The van der Waals surface area contributed by atoms with Crippen LogP contribution in [-0.4, -0.2) is 35.5 Å². The summed E-state index contributed by atoms with van der Waals surface area (Å²) in [5.74, 6) is 0.763. The molecule has 0 aliphatic rings. The Morgan fingerprint density at radius 3 is 2.30 bits per heavy atom. The van der Waals surface area contributed by atoms with Gasteiger partial charge >= 0.3 is 6.01 Å². The fraction of sp³-hybridized carbons (Fsp3) is 0.375. The Balaban J connectivity index is 2.39. The van der Waals surface area contributed by atoms with E-state index in [9.17, 15) is 4.79 Å².